The van der Waals surface area contributed by atoms with Crippen molar-refractivity contribution in [3.8, 4) is 5.75 Å². The average molecular weight is 429 g/mol. The van der Waals surface area contributed by atoms with Crippen molar-refractivity contribution in [1.29, 1.82) is 0 Å². The van der Waals surface area contributed by atoms with Gasteiger partial charge in [0.2, 0.25) is 16.9 Å². The zero-order valence-corrected chi connectivity index (χ0v) is 17.5. The Bertz CT molecular complexity index is 1000. The van der Waals surface area contributed by atoms with E-state index in [1.165, 1.54) is 16.2 Å². The number of nitrogens with one attached hydrogen (secondary N) is 1. The first-order valence-electron chi connectivity index (χ1n) is 9.21. The second-order valence-electron chi connectivity index (χ2n) is 6.63. The fraction of sp³-hybridized carbons (Fsp3) is 0.300. The number of carbonyl (C=O) groups excluding carboxylic acids is 2. The van der Waals surface area contributed by atoms with Crippen LogP contribution in [0.1, 0.15) is 28.3 Å². The van der Waals surface area contributed by atoms with Crippen LogP contribution in [-0.2, 0) is 22.6 Å². The fourth-order valence-corrected chi connectivity index (χ4v) is 4.91. The molecule has 1 atom stereocenters. The van der Waals surface area contributed by atoms with E-state index in [4.69, 9.17) is 4.74 Å². The third kappa shape index (κ3) is 4.46. The molecule has 1 saturated heterocycles. The molecular weight excluding hydrogens is 408 g/mol. The maximum absolute atomic E-state index is 12.8. The maximum Gasteiger partial charge on any atom is 0.249 e. The summed E-state index contributed by atoms with van der Waals surface area (Å²) in [4.78, 5) is 28.1. The molecule has 150 valence electrons. The molecule has 0 spiro atoms. The molecule has 7 nitrogen and oxygen atoms in total. The van der Waals surface area contributed by atoms with E-state index in [1.54, 1.807) is 23.3 Å². The molecule has 1 aromatic carbocycles. The Hall–Kier alpha value is -2.78. The third-order valence-corrected chi connectivity index (χ3v) is 6.48. The van der Waals surface area contributed by atoms with Crippen molar-refractivity contribution in [3.05, 3.63) is 57.2 Å². The quantitative estimate of drug-likeness (QED) is 0.624. The summed E-state index contributed by atoms with van der Waals surface area (Å²) in [6.07, 6.45) is 1.54. The lowest BCUT2D eigenvalue weighted by molar-refractivity contribution is -0.133. The number of anilines is 1. The fourth-order valence-electron chi connectivity index (χ4n) is 3.35. The van der Waals surface area contributed by atoms with E-state index in [0.717, 1.165) is 10.6 Å². The zero-order valence-electron chi connectivity index (χ0n) is 15.8. The summed E-state index contributed by atoms with van der Waals surface area (Å²) in [6, 6.07) is 11.0. The molecule has 1 unspecified atom stereocenters. The van der Waals surface area contributed by atoms with Gasteiger partial charge in [-0.25, -0.2) is 0 Å². The second kappa shape index (κ2) is 8.71. The molecule has 1 aliphatic heterocycles. The van der Waals surface area contributed by atoms with Gasteiger partial charge in [0.05, 0.1) is 13.7 Å². The van der Waals surface area contributed by atoms with Crippen LogP contribution in [0.5, 0.6) is 5.75 Å². The molecule has 0 aliphatic carbocycles. The smallest absolute Gasteiger partial charge is 0.249 e. The number of likely N-dealkylation sites (tertiary alicyclic amines) is 1. The molecule has 29 heavy (non-hydrogen) atoms. The molecule has 2 amide bonds. The first-order chi connectivity index (χ1) is 14.1. The lowest BCUT2D eigenvalue weighted by Gasteiger charge is -2.24. The minimum absolute atomic E-state index is 0.0355. The topological polar surface area (TPSA) is 84.4 Å². The number of thiophene rings is 1. The minimum atomic E-state index is -0.531. The van der Waals surface area contributed by atoms with Gasteiger partial charge in [-0.15, -0.1) is 21.5 Å². The molecule has 3 heterocycles. The van der Waals surface area contributed by atoms with Crippen LogP contribution >= 0.6 is 22.7 Å². The third-order valence-electron chi connectivity index (χ3n) is 4.77. The molecular formula is C20H20N4O3S2. The Balaban J connectivity index is 1.43. The number of hydrogen-bond acceptors (Lipinski definition) is 7. The van der Waals surface area contributed by atoms with Crippen molar-refractivity contribution >= 4 is 39.6 Å². The monoisotopic (exact) mass is 428 g/mol. The number of nitrogens with zero attached hydrogens (tertiary/aromatic N) is 3. The van der Waals surface area contributed by atoms with Crippen molar-refractivity contribution in [2.24, 2.45) is 0 Å². The van der Waals surface area contributed by atoms with E-state index >= 15 is 0 Å². The van der Waals surface area contributed by atoms with Crippen LogP contribution in [0.25, 0.3) is 0 Å². The lowest BCUT2D eigenvalue weighted by Crippen LogP contribution is -2.41. The maximum atomic E-state index is 12.8. The highest BCUT2D eigenvalue weighted by atomic mass is 32.1. The normalized spacial score (nSPS) is 16.2. The van der Waals surface area contributed by atoms with Gasteiger partial charge in [-0.2, -0.15) is 0 Å². The Labute approximate surface area is 176 Å². The first-order valence-corrected chi connectivity index (χ1v) is 10.9. The molecule has 3 aromatic rings. The van der Waals surface area contributed by atoms with Crippen molar-refractivity contribution in [1.82, 2.24) is 15.1 Å². The summed E-state index contributed by atoms with van der Waals surface area (Å²) in [7, 11) is 1.60. The summed E-state index contributed by atoms with van der Waals surface area (Å²) < 4.78 is 5.37. The van der Waals surface area contributed by atoms with Gasteiger partial charge in [0, 0.05) is 23.3 Å². The van der Waals surface area contributed by atoms with E-state index in [-0.39, 0.29) is 11.8 Å². The molecule has 4 rings (SSSR count). The summed E-state index contributed by atoms with van der Waals surface area (Å²) >= 11 is 3.02. The molecule has 1 fully saturated rings. The van der Waals surface area contributed by atoms with Crippen LogP contribution < -0.4 is 10.1 Å². The zero-order chi connectivity index (χ0) is 20.2. The summed E-state index contributed by atoms with van der Waals surface area (Å²) in [6.45, 7) is 0.334. The molecule has 0 saturated carbocycles. The summed E-state index contributed by atoms with van der Waals surface area (Å²) in [5.41, 5.74) is 0.872. The molecule has 1 aliphatic rings. The number of ether oxygens (including phenoxy) is 1. The van der Waals surface area contributed by atoms with Crippen LogP contribution in [0, 0.1) is 0 Å². The molecule has 9 heteroatoms. The first kappa shape index (κ1) is 19.5. The van der Waals surface area contributed by atoms with Gasteiger partial charge < -0.3 is 9.64 Å². The van der Waals surface area contributed by atoms with E-state index in [9.17, 15) is 9.59 Å². The van der Waals surface area contributed by atoms with Crippen LogP contribution in [0.15, 0.2) is 41.8 Å². The standard InChI is InChI=1S/C20H20N4O3S2/c1-27-16-7-3-2-5-13(16)12-24-15(8-9-18(24)25)19(26)21-20-23-22-17(29-20)11-14-6-4-10-28-14/h2-7,10,15H,8-9,11-12H2,1H3,(H,21,23,26). The summed E-state index contributed by atoms with van der Waals surface area (Å²) in [5, 5.41) is 14.4. The number of amides is 2. The van der Waals surface area contributed by atoms with Gasteiger partial charge in [0.1, 0.15) is 16.8 Å². The molecule has 2 aromatic heterocycles. The highest BCUT2D eigenvalue weighted by molar-refractivity contribution is 7.15. The van der Waals surface area contributed by atoms with Crippen LogP contribution in [0.2, 0.25) is 0 Å². The lowest BCUT2D eigenvalue weighted by atomic mass is 10.1. The highest BCUT2D eigenvalue weighted by Crippen LogP contribution is 2.27. The Kier molecular flexibility index (Phi) is 5.86. The number of aromatic nitrogens is 2. The van der Waals surface area contributed by atoms with Gasteiger partial charge in [-0.3, -0.25) is 14.9 Å². The largest absolute Gasteiger partial charge is 0.496 e. The number of carbonyl (C=O) groups is 2. The van der Waals surface area contributed by atoms with Crippen molar-refractivity contribution in [3.63, 3.8) is 0 Å². The SMILES string of the molecule is COc1ccccc1CN1C(=O)CCC1C(=O)Nc1nnc(Cc2cccs2)s1. The number of rotatable bonds is 7. The van der Waals surface area contributed by atoms with Crippen LogP contribution in [0.3, 0.4) is 0 Å². The second-order valence-corrected chi connectivity index (χ2v) is 8.73. The molecule has 0 bridgehead atoms. The van der Waals surface area contributed by atoms with Crippen LogP contribution in [-0.4, -0.2) is 40.1 Å². The minimum Gasteiger partial charge on any atom is -0.496 e. The number of para-hydroxylation sites is 1. The van der Waals surface area contributed by atoms with Gasteiger partial charge in [0.25, 0.3) is 0 Å². The van der Waals surface area contributed by atoms with Gasteiger partial charge in [0.15, 0.2) is 0 Å². The number of benzene rings is 1. The van der Waals surface area contributed by atoms with E-state index in [0.29, 0.717) is 36.7 Å². The average Bonchev–Trinajstić information content (AvgIpc) is 3.46. The van der Waals surface area contributed by atoms with E-state index < -0.39 is 6.04 Å². The Morgan fingerprint density at radius 2 is 2.14 bits per heavy atom. The Morgan fingerprint density at radius 3 is 2.93 bits per heavy atom. The van der Waals surface area contributed by atoms with Crippen molar-refractivity contribution in [2.75, 3.05) is 12.4 Å². The van der Waals surface area contributed by atoms with Crippen molar-refractivity contribution in [2.45, 2.75) is 31.8 Å². The molecule has 0 radical (unpaired) electrons. The highest BCUT2D eigenvalue weighted by Gasteiger charge is 2.36. The Morgan fingerprint density at radius 1 is 1.28 bits per heavy atom. The van der Waals surface area contributed by atoms with Gasteiger partial charge in [-0.05, 0) is 23.9 Å². The summed E-state index contributed by atoms with van der Waals surface area (Å²) in [5.74, 6) is 0.435. The van der Waals surface area contributed by atoms with Gasteiger partial charge in [-0.1, -0.05) is 35.6 Å². The van der Waals surface area contributed by atoms with E-state index in [1.807, 2.05) is 41.8 Å². The molecule has 1 N–H and O–H groups in total. The predicted octanol–water partition coefficient (Wildman–Crippen LogP) is 3.33. The van der Waals surface area contributed by atoms with Crippen molar-refractivity contribution < 1.29 is 14.3 Å². The van der Waals surface area contributed by atoms with Crippen LogP contribution in [0.4, 0.5) is 5.13 Å². The van der Waals surface area contributed by atoms with E-state index in [2.05, 4.69) is 15.5 Å². The predicted molar refractivity (Wildman–Crippen MR) is 112 cm³/mol. The van der Waals surface area contributed by atoms with Gasteiger partial charge >= 0.3 is 0 Å². The number of methoxy groups -OCH3 is 1. The number of hydrogen-bond donors (Lipinski definition) is 1.